The maximum atomic E-state index is 15.4. The Labute approximate surface area is 262 Å². The van der Waals surface area contributed by atoms with Crippen molar-refractivity contribution in [2.45, 2.75) is 37.4 Å². The Bertz CT molecular complexity index is 1910. The number of anilines is 2. The van der Waals surface area contributed by atoms with Crippen molar-refractivity contribution in [2.75, 3.05) is 25.5 Å². The Balaban J connectivity index is 1.06. The lowest BCUT2D eigenvalue weighted by atomic mass is 9.61. The zero-order chi connectivity index (χ0) is 31.0. The summed E-state index contributed by atoms with van der Waals surface area (Å²) >= 11 is 6.31. The second-order valence-electron chi connectivity index (χ2n) is 12.3. The molecule has 3 fully saturated rings. The van der Waals surface area contributed by atoms with Crippen LogP contribution in [-0.4, -0.2) is 63.1 Å². The number of benzene rings is 3. The van der Waals surface area contributed by atoms with Crippen molar-refractivity contribution in [1.82, 2.24) is 19.8 Å². The average molecular weight is 629 g/mol. The molecule has 1 N–H and O–H groups in total. The fourth-order valence-electron chi connectivity index (χ4n) is 7.63. The van der Waals surface area contributed by atoms with Crippen LogP contribution in [0, 0.1) is 23.4 Å². The minimum atomic E-state index is -0.741. The maximum Gasteiger partial charge on any atom is 0.256 e. The van der Waals surface area contributed by atoms with Gasteiger partial charge in [-0.25, -0.2) is 23.1 Å². The number of aliphatic imine (C=N–C) groups is 1. The first-order valence-electron chi connectivity index (χ1n) is 15.0. The molecule has 1 amide bonds. The molecular formula is C34H28ClF3N6O. The van der Waals surface area contributed by atoms with Crippen molar-refractivity contribution in [3.8, 4) is 11.3 Å². The van der Waals surface area contributed by atoms with Crippen molar-refractivity contribution in [2.24, 2.45) is 10.9 Å². The number of aromatic nitrogens is 2. The van der Waals surface area contributed by atoms with Crippen LogP contribution in [0.25, 0.3) is 11.3 Å². The van der Waals surface area contributed by atoms with Crippen LogP contribution in [0.5, 0.6) is 0 Å². The van der Waals surface area contributed by atoms with Crippen molar-refractivity contribution in [3.05, 3.63) is 106 Å². The largest absolute Gasteiger partial charge is 0.337 e. The third-order valence-corrected chi connectivity index (χ3v) is 10.4. The number of rotatable bonds is 5. The zero-order valence-electron chi connectivity index (χ0n) is 24.3. The number of carbonyl (C=O) groups excluding carboxylic acids is 1. The molecule has 45 heavy (non-hydrogen) atoms. The van der Waals surface area contributed by atoms with E-state index in [4.69, 9.17) is 16.6 Å². The van der Waals surface area contributed by atoms with Crippen LogP contribution >= 0.6 is 11.6 Å². The highest BCUT2D eigenvalue weighted by Crippen LogP contribution is 2.58. The first-order chi connectivity index (χ1) is 21.7. The summed E-state index contributed by atoms with van der Waals surface area (Å²) in [7, 11) is 1.78. The molecule has 4 heterocycles. The van der Waals surface area contributed by atoms with Gasteiger partial charge in [0.05, 0.1) is 29.1 Å². The van der Waals surface area contributed by atoms with Crippen LogP contribution in [0.4, 0.5) is 24.8 Å². The molecule has 3 aliphatic heterocycles. The fourth-order valence-corrected chi connectivity index (χ4v) is 7.80. The quantitative estimate of drug-likeness (QED) is 0.269. The molecule has 4 aromatic rings. The average Bonchev–Trinajstić information content (AvgIpc) is 3.07. The molecule has 228 valence electrons. The van der Waals surface area contributed by atoms with Gasteiger partial charge in [-0.05, 0) is 67.6 Å². The molecule has 8 rings (SSSR count). The van der Waals surface area contributed by atoms with Crippen LogP contribution in [0.1, 0.15) is 46.3 Å². The van der Waals surface area contributed by atoms with Gasteiger partial charge in [0.15, 0.2) is 0 Å². The van der Waals surface area contributed by atoms with Crippen LogP contribution < -0.4 is 5.32 Å². The number of fused-ring (bicyclic) bond motifs is 3. The summed E-state index contributed by atoms with van der Waals surface area (Å²) in [6, 6.07) is 13.1. The molecule has 11 heteroatoms. The predicted molar refractivity (Wildman–Crippen MR) is 165 cm³/mol. The predicted octanol–water partition coefficient (Wildman–Crippen LogP) is 6.62. The van der Waals surface area contributed by atoms with E-state index in [0.29, 0.717) is 39.0 Å². The van der Waals surface area contributed by atoms with E-state index >= 15 is 4.39 Å². The number of nitrogens with one attached hydrogen (secondary N) is 1. The highest BCUT2D eigenvalue weighted by atomic mass is 35.5. The highest BCUT2D eigenvalue weighted by molar-refractivity contribution is 6.31. The van der Waals surface area contributed by atoms with Crippen LogP contribution in [0.15, 0.2) is 65.8 Å². The van der Waals surface area contributed by atoms with Gasteiger partial charge in [-0.2, -0.15) is 0 Å². The van der Waals surface area contributed by atoms with Gasteiger partial charge in [-0.3, -0.25) is 14.7 Å². The van der Waals surface area contributed by atoms with Crippen LogP contribution in [0.3, 0.4) is 0 Å². The number of carbonyl (C=O) groups is 1. The van der Waals surface area contributed by atoms with Crippen LogP contribution in [0.2, 0.25) is 5.02 Å². The third kappa shape index (κ3) is 4.37. The standard InChI is InChI=1S/C34H28ClF3N6O/c1-43(28-17-44-12-11-34(44)10-9-24(28)34)32(45)22-8-6-20(14-27(22)38)41-33-40-16-18-15-39-31(29-25(36)3-2-4-26(29)37)23-13-19(35)5-7-21(23)30(18)42-33/h2-8,13-14,16,24,28H,9-12,15,17H2,1H3,(H,40,41,42). The first-order valence-corrected chi connectivity index (χ1v) is 15.3. The van der Waals surface area contributed by atoms with Gasteiger partial charge in [0, 0.05) is 65.3 Å². The molecule has 1 aromatic heterocycles. The lowest BCUT2D eigenvalue weighted by molar-refractivity contribution is -0.0703. The molecule has 0 bridgehead atoms. The number of halogens is 4. The first kappa shape index (κ1) is 28.2. The summed E-state index contributed by atoms with van der Waals surface area (Å²) in [6.07, 6.45) is 5.06. The molecule has 2 saturated heterocycles. The van der Waals surface area contributed by atoms with E-state index in [1.807, 2.05) is 0 Å². The Morgan fingerprint density at radius 3 is 2.56 bits per heavy atom. The van der Waals surface area contributed by atoms with E-state index in [1.165, 1.54) is 43.2 Å². The molecule has 3 atom stereocenters. The monoisotopic (exact) mass is 628 g/mol. The summed E-state index contributed by atoms with van der Waals surface area (Å²) < 4.78 is 45.1. The van der Waals surface area contributed by atoms with E-state index in [0.717, 1.165) is 19.5 Å². The molecule has 0 radical (unpaired) electrons. The molecule has 3 aromatic carbocycles. The van der Waals surface area contributed by atoms with E-state index in [9.17, 15) is 13.6 Å². The van der Waals surface area contributed by atoms with Gasteiger partial charge in [0.25, 0.3) is 5.91 Å². The Hall–Kier alpha value is -4.28. The third-order valence-electron chi connectivity index (χ3n) is 10.1. The molecule has 1 saturated carbocycles. The second-order valence-corrected chi connectivity index (χ2v) is 12.7. The zero-order valence-corrected chi connectivity index (χ0v) is 25.1. The number of likely N-dealkylation sites (N-methyl/N-ethyl adjacent to an activating group) is 1. The molecule has 1 aliphatic carbocycles. The highest BCUT2D eigenvalue weighted by Gasteiger charge is 2.64. The van der Waals surface area contributed by atoms with Gasteiger partial charge in [-0.15, -0.1) is 0 Å². The lowest BCUT2D eigenvalue weighted by Crippen LogP contribution is -2.64. The van der Waals surface area contributed by atoms with E-state index < -0.39 is 17.5 Å². The molecule has 3 unspecified atom stereocenters. The summed E-state index contributed by atoms with van der Waals surface area (Å²) in [4.78, 5) is 31.2. The summed E-state index contributed by atoms with van der Waals surface area (Å²) in [5.74, 6) is -1.81. The van der Waals surface area contributed by atoms with Crippen molar-refractivity contribution >= 4 is 34.9 Å². The topological polar surface area (TPSA) is 73.7 Å². The molecule has 1 spiro atoms. The minimum Gasteiger partial charge on any atom is -0.337 e. The van der Waals surface area contributed by atoms with Gasteiger partial charge < -0.3 is 10.2 Å². The minimum absolute atomic E-state index is 0.0179. The summed E-state index contributed by atoms with van der Waals surface area (Å²) in [5, 5.41) is 3.40. The van der Waals surface area contributed by atoms with Gasteiger partial charge in [0.2, 0.25) is 5.95 Å². The van der Waals surface area contributed by atoms with Gasteiger partial charge in [0.1, 0.15) is 17.5 Å². The smallest absolute Gasteiger partial charge is 0.256 e. The Morgan fingerprint density at radius 1 is 1.04 bits per heavy atom. The van der Waals surface area contributed by atoms with Gasteiger partial charge >= 0.3 is 0 Å². The molecule has 4 aliphatic rings. The van der Waals surface area contributed by atoms with Crippen molar-refractivity contribution in [1.29, 1.82) is 0 Å². The molecule has 7 nitrogen and oxygen atoms in total. The van der Waals surface area contributed by atoms with Crippen LogP contribution in [-0.2, 0) is 6.54 Å². The fraction of sp³-hybridized carbons (Fsp3) is 0.294. The number of hydrogen-bond donors (Lipinski definition) is 1. The van der Waals surface area contributed by atoms with E-state index in [-0.39, 0.29) is 46.8 Å². The van der Waals surface area contributed by atoms with Crippen molar-refractivity contribution < 1.29 is 18.0 Å². The Morgan fingerprint density at radius 2 is 1.87 bits per heavy atom. The SMILES string of the molecule is CN(C(=O)c1ccc(Nc2ncc3c(n2)-c2ccc(Cl)cc2C(c2c(F)cccc2F)=NC3)cc1F)C1CN2CCC23CCC13. The van der Waals surface area contributed by atoms with E-state index in [2.05, 4.69) is 20.2 Å². The Kier molecular flexibility index (Phi) is 6.51. The molecular weight excluding hydrogens is 601 g/mol. The van der Waals surface area contributed by atoms with E-state index in [1.54, 1.807) is 42.4 Å². The normalized spacial score (nSPS) is 22.9. The van der Waals surface area contributed by atoms with Gasteiger partial charge in [-0.1, -0.05) is 23.7 Å². The maximum absolute atomic E-state index is 15.4. The summed E-state index contributed by atoms with van der Waals surface area (Å²) in [5.41, 5.74) is 2.66. The van der Waals surface area contributed by atoms with Crippen molar-refractivity contribution in [3.63, 3.8) is 0 Å². The lowest BCUT2D eigenvalue weighted by Gasteiger charge is -2.58. The summed E-state index contributed by atoms with van der Waals surface area (Å²) in [6.45, 7) is 2.00. The number of nitrogens with zero attached hydrogens (tertiary/aromatic N) is 5. The number of hydrogen-bond acceptors (Lipinski definition) is 6. The second kappa shape index (κ2) is 10.4. The number of amides is 1.